The summed E-state index contributed by atoms with van der Waals surface area (Å²) in [6, 6.07) is 7.34. The van der Waals surface area contributed by atoms with Crippen LogP contribution in [0.4, 0.5) is 0 Å². The van der Waals surface area contributed by atoms with E-state index in [0.717, 1.165) is 11.1 Å². The standard InChI is InChI=1S/C16H12Cl2N2O/c1-9-12(8-19)15(10(2)20-4)21-16(9,3)11-5-6-13(17)14(18)7-11/h5-7H,1-3H3/b15-10-. The normalized spacial score (nSPS) is 23.4. The summed E-state index contributed by atoms with van der Waals surface area (Å²) in [4.78, 5) is 3.37. The van der Waals surface area contributed by atoms with Gasteiger partial charge in [0, 0.05) is 5.56 Å². The number of nitrogens with zero attached hydrogens (tertiary/aromatic N) is 2. The van der Waals surface area contributed by atoms with Crippen LogP contribution in [0.15, 0.2) is 40.8 Å². The van der Waals surface area contributed by atoms with Gasteiger partial charge in [-0.25, -0.2) is 4.85 Å². The number of halogens is 2. The van der Waals surface area contributed by atoms with Gasteiger partial charge in [-0.2, -0.15) is 5.26 Å². The molecule has 1 aromatic carbocycles. The molecule has 2 rings (SSSR count). The third kappa shape index (κ3) is 2.40. The fourth-order valence-corrected chi connectivity index (χ4v) is 2.55. The third-order valence-corrected chi connectivity index (χ3v) is 4.44. The highest BCUT2D eigenvalue weighted by Gasteiger charge is 2.41. The Hall–Kier alpha value is -1.94. The lowest BCUT2D eigenvalue weighted by atomic mass is 9.88. The first-order chi connectivity index (χ1) is 9.85. The van der Waals surface area contributed by atoms with Gasteiger partial charge in [0.25, 0.3) is 0 Å². The van der Waals surface area contributed by atoms with Gasteiger partial charge in [0.05, 0.1) is 22.2 Å². The van der Waals surface area contributed by atoms with Crippen molar-refractivity contribution in [3.63, 3.8) is 0 Å². The van der Waals surface area contributed by atoms with E-state index in [-0.39, 0.29) is 0 Å². The minimum absolute atomic E-state index is 0.332. The van der Waals surface area contributed by atoms with Crippen LogP contribution in [-0.2, 0) is 10.3 Å². The molecule has 0 aliphatic carbocycles. The van der Waals surface area contributed by atoms with Crippen LogP contribution in [0.2, 0.25) is 10.0 Å². The smallest absolute Gasteiger partial charge is 0.204 e. The molecule has 1 aliphatic heterocycles. The second kappa shape index (κ2) is 5.45. The highest BCUT2D eigenvalue weighted by atomic mass is 35.5. The molecular weight excluding hydrogens is 307 g/mol. The van der Waals surface area contributed by atoms with E-state index in [4.69, 9.17) is 34.5 Å². The Morgan fingerprint density at radius 2 is 2.05 bits per heavy atom. The number of allylic oxidation sites excluding steroid dienone is 2. The summed E-state index contributed by atoms with van der Waals surface area (Å²) in [7, 11) is 0. The monoisotopic (exact) mass is 318 g/mol. The summed E-state index contributed by atoms with van der Waals surface area (Å²) >= 11 is 12.0. The number of rotatable bonds is 1. The summed E-state index contributed by atoms with van der Waals surface area (Å²) in [5, 5.41) is 10.2. The maximum absolute atomic E-state index is 9.36. The number of benzene rings is 1. The topological polar surface area (TPSA) is 37.4 Å². The van der Waals surface area contributed by atoms with Crippen molar-refractivity contribution in [2.24, 2.45) is 0 Å². The highest BCUT2D eigenvalue weighted by Crippen LogP contribution is 2.46. The van der Waals surface area contributed by atoms with Crippen molar-refractivity contribution < 1.29 is 4.74 Å². The Kier molecular flexibility index (Phi) is 4.01. The lowest BCUT2D eigenvalue weighted by Gasteiger charge is -2.27. The van der Waals surface area contributed by atoms with E-state index in [2.05, 4.69) is 10.9 Å². The van der Waals surface area contributed by atoms with Gasteiger partial charge in [-0.3, -0.25) is 0 Å². The second-order valence-electron chi connectivity index (χ2n) is 4.90. The van der Waals surface area contributed by atoms with E-state index in [0.29, 0.717) is 27.1 Å². The maximum Gasteiger partial charge on any atom is 0.204 e. The zero-order valence-electron chi connectivity index (χ0n) is 11.8. The van der Waals surface area contributed by atoms with Gasteiger partial charge in [0.1, 0.15) is 11.8 Å². The zero-order chi connectivity index (χ0) is 15.8. The molecule has 0 radical (unpaired) electrons. The molecule has 0 N–H and O–H groups in total. The summed E-state index contributed by atoms with van der Waals surface area (Å²) in [6.07, 6.45) is 0. The minimum atomic E-state index is -0.833. The third-order valence-electron chi connectivity index (χ3n) is 3.70. The van der Waals surface area contributed by atoms with Crippen molar-refractivity contribution in [2.45, 2.75) is 26.4 Å². The first-order valence-electron chi connectivity index (χ1n) is 6.20. The molecule has 1 unspecified atom stereocenters. The minimum Gasteiger partial charge on any atom is -0.488 e. The van der Waals surface area contributed by atoms with Crippen molar-refractivity contribution >= 4 is 23.2 Å². The van der Waals surface area contributed by atoms with Crippen LogP contribution in [0.25, 0.3) is 4.85 Å². The fraction of sp³-hybridized carbons (Fsp3) is 0.250. The molecule has 5 heteroatoms. The van der Waals surface area contributed by atoms with Gasteiger partial charge < -0.3 is 4.74 Å². The zero-order valence-corrected chi connectivity index (χ0v) is 13.3. The molecule has 0 aromatic heterocycles. The van der Waals surface area contributed by atoms with E-state index in [1.165, 1.54) is 0 Å². The van der Waals surface area contributed by atoms with E-state index in [1.54, 1.807) is 19.1 Å². The molecule has 106 valence electrons. The Bertz CT molecular complexity index is 765. The van der Waals surface area contributed by atoms with Crippen LogP contribution in [0.1, 0.15) is 26.3 Å². The Morgan fingerprint density at radius 1 is 1.38 bits per heavy atom. The molecule has 0 amide bonds. The number of hydrogen-bond donors (Lipinski definition) is 0. The van der Waals surface area contributed by atoms with Gasteiger partial charge in [-0.15, -0.1) is 0 Å². The first kappa shape index (κ1) is 15.4. The maximum atomic E-state index is 9.36. The fourth-order valence-electron chi connectivity index (χ4n) is 2.25. The number of nitriles is 1. The van der Waals surface area contributed by atoms with Gasteiger partial charge in [-0.1, -0.05) is 29.3 Å². The van der Waals surface area contributed by atoms with Crippen molar-refractivity contribution in [1.29, 1.82) is 5.26 Å². The molecule has 1 aromatic rings. The molecular formula is C16H12Cl2N2O. The summed E-state index contributed by atoms with van der Waals surface area (Å²) in [5.41, 5.74) is 1.46. The molecule has 0 saturated heterocycles. The predicted octanol–water partition coefficient (Wildman–Crippen LogP) is 5.23. The van der Waals surface area contributed by atoms with Crippen LogP contribution in [0.5, 0.6) is 0 Å². The summed E-state index contributed by atoms with van der Waals surface area (Å²) in [6.45, 7) is 12.4. The summed E-state index contributed by atoms with van der Waals surface area (Å²) in [5.74, 6) is 0.332. The van der Waals surface area contributed by atoms with Crippen LogP contribution in [-0.4, -0.2) is 0 Å². The van der Waals surface area contributed by atoms with Gasteiger partial charge in [-0.05, 0) is 38.5 Å². The molecule has 0 saturated carbocycles. The van der Waals surface area contributed by atoms with E-state index >= 15 is 0 Å². The molecule has 0 bridgehead atoms. The predicted molar refractivity (Wildman–Crippen MR) is 82.5 cm³/mol. The molecule has 1 heterocycles. The van der Waals surface area contributed by atoms with E-state index in [1.807, 2.05) is 19.9 Å². The Balaban J connectivity index is 2.65. The summed E-state index contributed by atoms with van der Waals surface area (Å²) < 4.78 is 5.97. The van der Waals surface area contributed by atoms with Crippen LogP contribution >= 0.6 is 23.2 Å². The molecule has 1 atom stereocenters. The van der Waals surface area contributed by atoms with E-state index < -0.39 is 5.60 Å². The molecule has 3 nitrogen and oxygen atoms in total. The second-order valence-corrected chi connectivity index (χ2v) is 5.72. The quantitative estimate of drug-likeness (QED) is 0.665. The number of ether oxygens (including phenoxy) is 1. The van der Waals surface area contributed by atoms with Crippen molar-refractivity contribution in [1.82, 2.24) is 0 Å². The SMILES string of the molecule is [C-]#[N+]/C(C)=C1\OC(C)(c2ccc(Cl)c(Cl)c2)C(C)=C1C#N. The molecule has 0 spiro atoms. The van der Waals surface area contributed by atoms with Gasteiger partial charge in [0.15, 0.2) is 5.60 Å². The Labute approximate surface area is 133 Å². The molecule has 0 fully saturated rings. The van der Waals surface area contributed by atoms with Gasteiger partial charge in [0.2, 0.25) is 5.70 Å². The average Bonchev–Trinajstić information content (AvgIpc) is 2.74. The Morgan fingerprint density at radius 3 is 2.57 bits per heavy atom. The average molecular weight is 319 g/mol. The first-order valence-corrected chi connectivity index (χ1v) is 6.95. The van der Waals surface area contributed by atoms with Crippen molar-refractivity contribution in [3.05, 3.63) is 67.8 Å². The lowest BCUT2D eigenvalue weighted by Crippen LogP contribution is -2.22. The van der Waals surface area contributed by atoms with Crippen molar-refractivity contribution in [3.8, 4) is 6.07 Å². The van der Waals surface area contributed by atoms with Gasteiger partial charge >= 0.3 is 0 Å². The van der Waals surface area contributed by atoms with E-state index in [9.17, 15) is 5.26 Å². The number of hydrogen-bond acceptors (Lipinski definition) is 2. The largest absolute Gasteiger partial charge is 0.488 e. The molecule has 21 heavy (non-hydrogen) atoms. The van der Waals surface area contributed by atoms with Crippen molar-refractivity contribution in [2.75, 3.05) is 0 Å². The molecule has 1 aliphatic rings. The van der Waals surface area contributed by atoms with Crippen LogP contribution < -0.4 is 0 Å². The highest BCUT2D eigenvalue weighted by molar-refractivity contribution is 6.42. The van der Waals surface area contributed by atoms with Crippen LogP contribution in [0.3, 0.4) is 0 Å². The van der Waals surface area contributed by atoms with Crippen LogP contribution in [0, 0.1) is 17.9 Å². The lowest BCUT2D eigenvalue weighted by molar-refractivity contribution is 0.0721.